The molecule has 0 saturated heterocycles. The summed E-state index contributed by atoms with van der Waals surface area (Å²) in [6, 6.07) is 0. The third-order valence-corrected chi connectivity index (χ3v) is 1.78. The van der Waals surface area contributed by atoms with Crippen molar-refractivity contribution in [1.29, 1.82) is 0 Å². The molecule has 13 heavy (non-hydrogen) atoms. The third-order valence-electron chi connectivity index (χ3n) is 1.49. The molecule has 4 nitrogen and oxygen atoms in total. The van der Waals surface area contributed by atoms with E-state index in [1.807, 2.05) is 13.8 Å². The van der Waals surface area contributed by atoms with Crippen LogP contribution in [-0.2, 0) is 0 Å². The van der Waals surface area contributed by atoms with Gasteiger partial charge in [-0.05, 0) is 5.92 Å². The van der Waals surface area contributed by atoms with Crippen LogP contribution in [0.3, 0.4) is 0 Å². The van der Waals surface area contributed by atoms with Gasteiger partial charge in [0, 0.05) is 6.54 Å². The van der Waals surface area contributed by atoms with Crippen molar-refractivity contribution in [3.63, 3.8) is 0 Å². The first-order chi connectivity index (χ1) is 6.11. The number of carbonyl (C=O) groups excluding carboxylic acids is 1. The SMILES string of the molecule is CC(C)CNC(=O)c1[nH]ncc1Cl. The van der Waals surface area contributed by atoms with Crippen molar-refractivity contribution in [1.82, 2.24) is 15.5 Å². The number of nitrogens with zero attached hydrogens (tertiary/aromatic N) is 1. The lowest BCUT2D eigenvalue weighted by Crippen LogP contribution is -2.27. The summed E-state index contributed by atoms with van der Waals surface area (Å²) in [7, 11) is 0. The van der Waals surface area contributed by atoms with Gasteiger partial charge in [-0.25, -0.2) is 0 Å². The largest absolute Gasteiger partial charge is 0.350 e. The van der Waals surface area contributed by atoms with E-state index >= 15 is 0 Å². The van der Waals surface area contributed by atoms with Crippen LogP contribution in [0.25, 0.3) is 0 Å². The van der Waals surface area contributed by atoms with Crippen LogP contribution >= 0.6 is 11.6 Å². The first kappa shape index (κ1) is 10.1. The van der Waals surface area contributed by atoms with E-state index in [9.17, 15) is 4.79 Å². The van der Waals surface area contributed by atoms with Gasteiger partial charge in [0.2, 0.25) is 0 Å². The van der Waals surface area contributed by atoms with Gasteiger partial charge < -0.3 is 5.32 Å². The summed E-state index contributed by atoms with van der Waals surface area (Å²) in [5, 5.41) is 9.27. The van der Waals surface area contributed by atoms with Crippen LogP contribution in [0.5, 0.6) is 0 Å². The molecule has 0 spiro atoms. The van der Waals surface area contributed by atoms with Crippen molar-refractivity contribution in [2.45, 2.75) is 13.8 Å². The lowest BCUT2D eigenvalue weighted by atomic mass is 10.2. The van der Waals surface area contributed by atoms with Crippen molar-refractivity contribution in [3.8, 4) is 0 Å². The number of hydrogen-bond acceptors (Lipinski definition) is 2. The maximum atomic E-state index is 11.4. The molecule has 1 amide bonds. The maximum Gasteiger partial charge on any atom is 0.270 e. The molecule has 5 heteroatoms. The smallest absolute Gasteiger partial charge is 0.270 e. The molecule has 1 aromatic heterocycles. The van der Waals surface area contributed by atoms with E-state index in [2.05, 4.69) is 15.5 Å². The molecule has 72 valence electrons. The van der Waals surface area contributed by atoms with Crippen molar-refractivity contribution in [3.05, 3.63) is 16.9 Å². The Morgan fingerprint density at radius 2 is 2.46 bits per heavy atom. The second kappa shape index (κ2) is 4.28. The Balaban J connectivity index is 2.54. The van der Waals surface area contributed by atoms with Gasteiger partial charge in [0.25, 0.3) is 5.91 Å². The van der Waals surface area contributed by atoms with Gasteiger partial charge >= 0.3 is 0 Å². The van der Waals surface area contributed by atoms with Crippen LogP contribution in [-0.4, -0.2) is 22.6 Å². The summed E-state index contributed by atoms with van der Waals surface area (Å²) < 4.78 is 0. The van der Waals surface area contributed by atoms with E-state index in [-0.39, 0.29) is 5.91 Å². The Morgan fingerprint density at radius 3 is 2.92 bits per heavy atom. The summed E-state index contributed by atoms with van der Waals surface area (Å²) in [4.78, 5) is 11.4. The van der Waals surface area contributed by atoms with Crippen molar-refractivity contribution >= 4 is 17.5 Å². The molecule has 0 unspecified atom stereocenters. The highest BCUT2D eigenvalue weighted by Crippen LogP contribution is 2.10. The van der Waals surface area contributed by atoms with Crippen LogP contribution in [0, 0.1) is 5.92 Å². The molecular weight excluding hydrogens is 190 g/mol. The molecule has 2 N–H and O–H groups in total. The van der Waals surface area contributed by atoms with E-state index in [0.717, 1.165) is 0 Å². The molecule has 1 aromatic rings. The highest BCUT2D eigenvalue weighted by Gasteiger charge is 2.11. The summed E-state index contributed by atoms with van der Waals surface area (Å²) in [6.45, 7) is 4.68. The molecule has 0 aromatic carbocycles. The van der Waals surface area contributed by atoms with Crippen LogP contribution in [0.15, 0.2) is 6.20 Å². The standard InChI is InChI=1S/C8H12ClN3O/c1-5(2)3-10-8(13)7-6(9)4-11-12-7/h4-5H,3H2,1-2H3,(H,10,13)(H,11,12). The molecule has 0 aliphatic rings. The van der Waals surface area contributed by atoms with Crippen LogP contribution in [0.4, 0.5) is 0 Å². The molecule has 1 rings (SSSR count). The number of H-pyrrole nitrogens is 1. The summed E-state index contributed by atoms with van der Waals surface area (Å²) in [6.07, 6.45) is 1.41. The zero-order valence-corrected chi connectivity index (χ0v) is 8.35. The Labute approximate surface area is 81.7 Å². The second-order valence-electron chi connectivity index (χ2n) is 3.20. The van der Waals surface area contributed by atoms with E-state index in [1.54, 1.807) is 0 Å². The zero-order chi connectivity index (χ0) is 9.84. The topological polar surface area (TPSA) is 57.8 Å². The Morgan fingerprint density at radius 1 is 1.77 bits per heavy atom. The highest BCUT2D eigenvalue weighted by atomic mass is 35.5. The minimum absolute atomic E-state index is 0.212. The van der Waals surface area contributed by atoms with E-state index < -0.39 is 0 Å². The quantitative estimate of drug-likeness (QED) is 0.778. The van der Waals surface area contributed by atoms with Gasteiger partial charge in [-0.2, -0.15) is 5.10 Å². The van der Waals surface area contributed by atoms with Gasteiger partial charge in [-0.3, -0.25) is 9.89 Å². The molecular formula is C8H12ClN3O. The van der Waals surface area contributed by atoms with Gasteiger partial charge in [-0.1, -0.05) is 25.4 Å². The van der Waals surface area contributed by atoms with Crippen LogP contribution in [0.1, 0.15) is 24.3 Å². The van der Waals surface area contributed by atoms with Gasteiger partial charge in [-0.15, -0.1) is 0 Å². The fraction of sp³-hybridized carbons (Fsp3) is 0.500. The maximum absolute atomic E-state index is 11.4. The van der Waals surface area contributed by atoms with Crippen molar-refractivity contribution in [2.75, 3.05) is 6.54 Å². The summed E-state index contributed by atoms with van der Waals surface area (Å²) in [5.74, 6) is 0.210. The molecule has 0 aliphatic carbocycles. The van der Waals surface area contributed by atoms with Gasteiger partial charge in [0.05, 0.1) is 11.2 Å². The number of aromatic nitrogens is 2. The lowest BCUT2D eigenvalue weighted by molar-refractivity contribution is 0.0944. The molecule has 0 atom stereocenters. The minimum atomic E-state index is -0.212. The Bertz CT molecular complexity index is 295. The molecule has 0 fully saturated rings. The molecule has 0 aliphatic heterocycles. The van der Waals surface area contributed by atoms with Gasteiger partial charge in [0.1, 0.15) is 5.69 Å². The number of halogens is 1. The summed E-state index contributed by atoms with van der Waals surface area (Å²) >= 11 is 5.70. The Hall–Kier alpha value is -1.03. The molecule has 0 bridgehead atoms. The molecule has 0 saturated carbocycles. The van der Waals surface area contributed by atoms with E-state index in [4.69, 9.17) is 11.6 Å². The second-order valence-corrected chi connectivity index (χ2v) is 3.60. The number of nitrogens with one attached hydrogen (secondary N) is 2. The monoisotopic (exact) mass is 201 g/mol. The number of carbonyl (C=O) groups is 1. The highest BCUT2D eigenvalue weighted by molar-refractivity contribution is 6.33. The fourth-order valence-electron chi connectivity index (χ4n) is 0.816. The third kappa shape index (κ3) is 2.73. The number of rotatable bonds is 3. The van der Waals surface area contributed by atoms with Gasteiger partial charge in [0.15, 0.2) is 0 Å². The normalized spacial score (nSPS) is 10.5. The molecule has 1 heterocycles. The zero-order valence-electron chi connectivity index (χ0n) is 7.60. The first-order valence-corrected chi connectivity index (χ1v) is 4.46. The van der Waals surface area contributed by atoms with Crippen molar-refractivity contribution < 1.29 is 4.79 Å². The predicted molar refractivity (Wildman–Crippen MR) is 50.8 cm³/mol. The number of hydrogen-bond donors (Lipinski definition) is 2. The minimum Gasteiger partial charge on any atom is -0.350 e. The predicted octanol–water partition coefficient (Wildman–Crippen LogP) is 1.45. The number of amides is 1. The molecule has 0 radical (unpaired) electrons. The number of aromatic amines is 1. The lowest BCUT2D eigenvalue weighted by Gasteiger charge is -2.05. The van der Waals surface area contributed by atoms with E-state index in [1.165, 1.54) is 6.20 Å². The summed E-state index contributed by atoms with van der Waals surface area (Å²) in [5.41, 5.74) is 0.322. The van der Waals surface area contributed by atoms with E-state index in [0.29, 0.717) is 23.2 Å². The average molecular weight is 202 g/mol. The Kier molecular flexibility index (Phi) is 3.31. The van der Waals surface area contributed by atoms with Crippen LogP contribution in [0.2, 0.25) is 5.02 Å². The van der Waals surface area contributed by atoms with Crippen molar-refractivity contribution in [2.24, 2.45) is 5.92 Å². The fourth-order valence-corrected chi connectivity index (χ4v) is 0.993. The van der Waals surface area contributed by atoms with Crippen LogP contribution < -0.4 is 5.32 Å². The average Bonchev–Trinajstić information content (AvgIpc) is 2.47. The first-order valence-electron chi connectivity index (χ1n) is 4.08.